The second-order valence-corrected chi connectivity index (χ2v) is 17.3. The van der Waals surface area contributed by atoms with Gasteiger partial charge in [0.2, 0.25) is 0 Å². The first-order chi connectivity index (χ1) is 18.8. The Hall–Kier alpha value is -1.56. The highest BCUT2D eigenvalue weighted by Gasteiger charge is 2.15. The normalized spacial score (nSPS) is 12.6. The molecule has 0 aliphatic rings. The third-order valence-electron chi connectivity index (χ3n) is 6.20. The predicted molar refractivity (Wildman–Crippen MR) is 240 cm³/mol. The van der Waals surface area contributed by atoms with Crippen molar-refractivity contribution < 1.29 is 0 Å². The Morgan fingerprint density at radius 1 is 0.271 bits per heavy atom. The topological polar surface area (TPSA) is 0 Å². The smallest absolute Gasteiger partial charge is 0.0140 e. The third-order valence-corrected chi connectivity index (χ3v) is 6.20. The molecule has 0 aliphatic heterocycles. The average molecular weight is 679 g/mol. The molecular formula is C48H102. The molecule has 0 heteroatoms. The van der Waals surface area contributed by atoms with Crippen molar-refractivity contribution in [3.05, 3.63) is 72.9 Å². The lowest BCUT2D eigenvalue weighted by molar-refractivity contribution is 0.461. The fourth-order valence-electron chi connectivity index (χ4n) is 3.66. The maximum absolute atomic E-state index is 2.38. The van der Waals surface area contributed by atoms with Crippen molar-refractivity contribution in [2.75, 3.05) is 0 Å². The Morgan fingerprint density at radius 3 is 0.625 bits per heavy atom. The molecule has 0 unspecified atom stereocenters. The molecule has 0 fully saturated rings. The van der Waals surface area contributed by atoms with E-state index in [0.717, 1.165) is 38.5 Å². The Morgan fingerprint density at radius 2 is 0.438 bits per heavy atom. The van der Waals surface area contributed by atoms with E-state index in [-0.39, 0.29) is 60.8 Å². The molecule has 0 aromatic rings. The highest BCUT2D eigenvalue weighted by Crippen LogP contribution is 2.28. The van der Waals surface area contributed by atoms with Crippen LogP contribution in [-0.2, 0) is 0 Å². The van der Waals surface area contributed by atoms with E-state index < -0.39 is 0 Å². The molecule has 0 aromatic carbocycles. The molecular weight excluding hydrogens is 577 g/mol. The van der Waals surface area contributed by atoms with E-state index in [1.165, 1.54) is 0 Å². The monoisotopic (exact) mass is 679 g/mol. The van der Waals surface area contributed by atoms with Crippen molar-refractivity contribution in [2.45, 2.75) is 208 Å². The largest absolute Gasteiger partial charge is 0.0883 e. The summed E-state index contributed by atoms with van der Waals surface area (Å²) in [5, 5.41) is 0. The van der Waals surface area contributed by atoms with Crippen LogP contribution in [0.25, 0.3) is 0 Å². The molecule has 0 atom stereocenters. The van der Waals surface area contributed by atoms with Crippen LogP contribution in [0.2, 0.25) is 0 Å². The summed E-state index contributed by atoms with van der Waals surface area (Å²) in [6, 6.07) is 0. The summed E-state index contributed by atoms with van der Waals surface area (Å²) in [7, 11) is 0. The molecule has 48 heavy (non-hydrogen) atoms. The van der Waals surface area contributed by atoms with Crippen LogP contribution in [-0.4, -0.2) is 0 Å². The second kappa shape index (κ2) is 32.6. The van der Waals surface area contributed by atoms with Gasteiger partial charge in [-0.05, 0) is 71.0 Å². The summed E-state index contributed by atoms with van der Waals surface area (Å²) < 4.78 is 0. The maximum Gasteiger partial charge on any atom is -0.0140 e. The summed E-state index contributed by atoms with van der Waals surface area (Å²) in [6.07, 6.45) is 34.3. The minimum Gasteiger partial charge on any atom is -0.0883 e. The van der Waals surface area contributed by atoms with E-state index in [2.05, 4.69) is 198 Å². The van der Waals surface area contributed by atoms with Crippen molar-refractivity contribution in [3.8, 4) is 0 Å². The Kier molecular flexibility index (Phi) is 46.5. The molecule has 0 spiro atoms. The van der Waals surface area contributed by atoms with Crippen molar-refractivity contribution in [3.63, 3.8) is 0 Å². The van der Waals surface area contributed by atoms with Gasteiger partial charge in [0.1, 0.15) is 0 Å². The van der Waals surface area contributed by atoms with E-state index in [0.29, 0.717) is 16.2 Å². The molecule has 0 saturated carbocycles. The van der Waals surface area contributed by atoms with Gasteiger partial charge in [-0.25, -0.2) is 0 Å². The van der Waals surface area contributed by atoms with Gasteiger partial charge in [-0.1, -0.05) is 242 Å². The van der Waals surface area contributed by atoms with Gasteiger partial charge in [-0.15, -0.1) is 0 Å². The Balaban J connectivity index is -0.0000000689. The summed E-state index contributed by atoms with van der Waals surface area (Å²) in [4.78, 5) is 0. The van der Waals surface area contributed by atoms with Crippen LogP contribution < -0.4 is 0 Å². The minimum absolute atomic E-state index is 0. The van der Waals surface area contributed by atoms with E-state index >= 15 is 0 Å². The fourth-order valence-corrected chi connectivity index (χ4v) is 3.66. The first-order valence-corrected chi connectivity index (χ1v) is 16.9. The zero-order valence-corrected chi connectivity index (χ0v) is 32.2. The van der Waals surface area contributed by atoms with Gasteiger partial charge in [0, 0.05) is 0 Å². The van der Waals surface area contributed by atoms with E-state index in [1.54, 1.807) is 0 Å². The highest BCUT2D eigenvalue weighted by atomic mass is 14.2. The molecule has 0 N–H and O–H groups in total. The number of hydrogen-bond donors (Lipinski definition) is 0. The quantitative estimate of drug-likeness (QED) is 0.180. The molecule has 0 saturated heterocycles. The Labute approximate surface area is 312 Å². The SMILES string of the molecule is C.C.C.C.C.C.CCC=CC(C)(C)C.CCC=CC(C)(C)CC=CC(C)(C)C.CCC=CC(C)(C)CC=CC(C)(C)CC=CC(C)(C)C. The molecule has 0 amide bonds. The highest BCUT2D eigenvalue weighted by molar-refractivity contribution is 5.05. The van der Waals surface area contributed by atoms with Gasteiger partial charge in [0.05, 0.1) is 0 Å². The number of hydrogen-bond acceptors (Lipinski definition) is 0. The molecule has 0 radical (unpaired) electrons. The van der Waals surface area contributed by atoms with Gasteiger partial charge in [0.25, 0.3) is 0 Å². The van der Waals surface area contributed by atoms with Crippen LogP contribution in [0.4, 0.5) is 0 Å². The minimum atomic E-state index is 0. The van der Waals surface area contributed by atoms with Crippen LogP contribution >= 0.6 is 0 Å². The summed E-state index contributed by atoms with van der Waals surface area (Å²) in [5.41, 5.74) is 1.78. The van der Waals surface area contributed by atoms with Gasteiger partial charge < -0.3 is 0 Å². The van der Waals surface area contributed by atoms with Crippen LogP contribution in [0.15, 0.2) is 72.9 Å². The van der Waals surface area contributed by atoms with Crippen LogP contribution in [0.3, 0.4) is 0 Å². The van der Waals surface area contributed by atoms with Crippen LogP contribution in [0.5, 0.6) is 0 Å². The Bertz CT molecular complexity index is 824. The lowest BCUT2D eigenvalue weighted by Gasteiger charge is -2.22. The summed E-state index contributed by atoms with van der Waals surface area (Å²) in [6.45, 7) is 40.4. The fraction of sp³-hybridized carbons (Fsp3) is 0.750. The number of allylic oxidation sites excluding steroid dienone is 12. The standard InChI is InChI=1S/C20H36.C14H26.C8H16.6CH4/c1-9-10-14-19(5,6)16-12-17-20(7,8)15-11-13-18(2,3)4;1-7-8-11-14(5,6)12-9-10-13(2,3)4;1-5-6-7-8(2,3)4;;;;;;/h10-14,17H,9,15-16H2,1-8H3;8-11H,7,12H2,1-6H3;6-7H,5H2,1-4H3;6*1H4. The molecule has 0 nitrogen and oxygen atoms in total. The molecule has 294 valence electrons. The second-order valence-electron chi connectivity index (χ2n) is 17.3. The lowest BCUT2D eigenvalue weighted by atomic mass is 9.84. The first kappa shape index (κ1) is 68.4. The first-order valence-electron chi connectivity index (χ1n) is 16.9. The molecule has 0 aliphatic carbocycles. The van der Waals surface area contributed by atoms with Gasteiger partial charge in [-0.3, -0.25) is 0 Å². The molecule has 0 aromatic heterocycles. The van der Waals surface area contributed by atoms with Crippen LogP contribution in [0, 0.1) is 32.5 Å². The summed E-state index contributed by atoms with van der Waals surface area (Å²) in [5.74, 6) is 0. The third kappa shape index (κ3) is 59.8. The average Bonchev–Trinajstić information content (AvgIpc) is 2.78. The number of rotatable bonds is 12. The van der Waals surface area contributed by atoms with Crippen molar-refractivity contribution in [2.24, 2.45) is 32.5 Å². The molecule has 0 bridgehead atoms. The predicted octanol–water partition coefficient (Wildman–Crippen LogP) is 18.7. The van der Waals surface area contributed by atoms with E-state index in [1.807, 2.05) is 0 Å². The van der Waals surface area contributed by atoms with Gasteiger partial charge >= 0.3 is 0 Å². The maximum atomic E-state index is 2.38. The van der Waals surface area contributed by atoms with E-state index in [4.69, 9.17) is 0 Å². The lowest BCUT2D eigenvalue weighted by Crippen LogP contribution is -2.09. The van der Waals surface area contributed by atoms with Crippen molar-refractivity contribution in [1.29, 1.82) is 0 Å². The molecule has 0 rings (SSSR count). The zero-order chi connectivity index (χ0) is 33.7. The van der Waals surface area contributed by atoms with Crippen molar-refractivity contribution in [1.82, 2.24) is 0 Å². The molecule has 0 heterocycles. The van der Waals surface area contributed by atoms with Crippen molar-refractivity contribution >= 4 is 0 Å². The van der Waals surface area contributed by atoms with Gasteiger partial charge in [0.15, 0.2) is 0 Å². The van der Waals surface area contributed by atoms with E-state index in [9.17, 15) is 0 Å². The van der Waals surface area contributed by atoms with Gasteiger partial charge in [-0.2, -0.15) is 0 Å². The summed E-state index contributed by atoms with van der Waals surface area (Å²) >= 11 is 0. The zero-order valence-electron chi connectivity index (χ0n) is 32.2. The van der Waals surface area contributed by atoms with Crippen LogP contribution in [0.1, 0.15) is 208 Å².